The Balaban J connectivity index is 2.02. The van der Waals surface area contributed by atoms with Crippen molar-refractivity contribution >= 4 is 12.1 Å². The molecule has 0 bridgehead atoms. The van der Waals surface area contributed by atoms with E-state index in [0.717, 1.165) is 18.4 Å². The minimum absolute atomic E-state index is 0.00865. The summed E-state index contributed by atoms with van der Waals surface area (Å²) in [7, 11) is 0. The highest BCUT2D eigenvalue weighted by Crippen LogP contribution is 2.09. The molecule has 3 heteroatoms. The number of rotatable bonds is 11. The topological polar surface area (TPSA) is 41.5 Å². The Morgan fingerprint density at radius 1 is 1.00 bits per heavy atom. The summed E-state index contributed by atoms with van der Waals surface area (Å²) >= 11 is 0. The smallest absolute Gasteiger partial charge is 0.240 e. The Kier molecular flexibility index (Phi) is 10.0. The normalized spacial score (nSPS) is 11.0. The average Bonchev–Trinajstić information content (AvgIpc) is 2.52. The highest BCUT2D eigenvalue weighted by Gasteiger charge is 1.99. The van der Waals surface area contributed by atoms with Gasteiger partial charge in [-0.25, -0.2) is 5.43 Å². The molecule has 0 saturated carbocycles. The number of carbonyl (C=O) groups is 1. The Bertz CT molecular complexity index is 437. The lowest BCUT2D eigenvalue weighted by molar-refractivity contribution is -0.121. The van der Waals surface area contributed by atoms with Crippen LogP contribution in [0.25, 0.3) is 0 Å². The fourth-order valence-electron chi connectivity index (χ4n) is 2.31. The molecule has 0 spiro atoms. The Morgan fingerprint density at radius 2 is 1.59 bits per heavy atom. The first kappa shape index (κ1) is 18.4. The van der Waals surface area contributed by atoms with Crippen LogP contribution in [0.1, 0.15) is 75.8 Å². The fraction of sp³-hybridized carbons (Fsp3) is 0.579. The van der Waals surface area contributed by atoms with Gasteiger partial charge in [-0.1, -0.05) is 81.7 Å². The second kappa shape index (κ2) is 12.0. The number of hydrazone groups is 1. The molecule has 0 heterocycles. The second-order valence-electron chi connectivity index (χ2n) is 5.93. The van der Waals surface area contributed by atoms with E-state index < -0.39 is 0 Å². The zero-order valence-corrected chi connectivity index (χ0v) is 14.1. The van der Waals surface area contributed by atoms with Crippen LogP contribution in [0.5, 0.6) is 0 Å². The van der Waals surface area contributed by atoms with Crippen molar-refractivity contribution in [2.45, 2.75) is 71.6 Å². The lowest BCUT2D eigenvalue weighted by atomic mass is 10.1. The van der Waals surface area contributed by atoms with Crippen LogP contribution < -0.4 is 5.43 Å². The molecule has 0 radical (unpaired) electrons. The van der Waals surface area contributed by atoms with E-state index in [2.05, 4.69) is 17.5 Å². The summed E-state index contributed by atoms with van der Waals surface area (Å²) in [5.74, 6) is 0.00865. The van der Waals surface area contributed by atoms with Crippen molar-refractivity contribution in [3.63, 3.8) is 0 Å². The number of unbranched alkanes of at least 4 members (excludes halogenated alkanes) is 7. The van der Waals surface area contributed by atoms with Crippen LogP contribution in [0.3, 0.4) is 0 Å². The third-order valence-electron chi connectivity index (χ3n) is 3.74. The standard InChI is InChI=1S/C19H30N2O/c1-3-4-5-6-7-8-9-10-11-19(22)21-20-16-18-14-12-17(2)13-15-18/h12-16H,3-11H2,1-2H3,(H,21,22)/b20-16+. The van der Waals surface area contributed by atoms with Gasteiger partial charge in [-0.2, -0.15) is 5.10 Å². The SMILES string of the molecule is CCCCCCCCCCC(=O)N/N=C/c1ccc(C)cc1. The zero-order chi connectivity index (χ0) is 16.0. The zero-order valence-electron chi connectivity index (χ0n) is 14.1. The molecule has 1 N–H and O–H groups in total. The quantitative estimate of drug-likeness (QED) is 0.350. The van der Waals surface area contributed by atoms with Crippen molar-refractivity contribution in [1.82, 2.24) is 5.43 Å². The van der Waals surface area contributed by atoms with Crippen LogP contribution in [-0.2, 0) is 4.79 Å². The molecule has 0 aliphatic carbocycles. The maximum Gasteiger partial charge on any atom is 0.240 e. The summed E-state index contributed by atoms with van der Waals surface area (Å²) in [6.45, 7) is 4.28. The Labute approximate surface area is 135 Å². The summed E-state index contributed by atoms with van der Waals surface area (Å²) < 4.78 is 0. The number of amides is 1. The molecule has 0 aromatic heterocycles. The largest absolute Gasteiger partial charge is 0.273 e. The summed E-state index contributed by atoms with van der Waals surface area (Å²) in [4.78, 5) is 11.6. The third kappa shape index (κ3) is 9.32. The van der Waals surface area contributed by atoms with Crippen LogP contribution in [-0.4, -0.2) is 12.1 Å². The van der Waals surface area contributed by atoms with E-state index in [4.69, 9.17) is 0 Å². The molecule has 0 atom stereocenters. The molecule has 22 heavy (non-hydrogen) atoms. The molecule has 0 aliphatic rings. The van der Waals surface area contributed by atoms with Gasteiger partial charge in [0.05, 0.1) is 6.21 Å². The minimum Gasteiger partial charge on any atom is -0.273 e. The molecule has 3 nitrogen and oxygen atoms in total. The Hall–Kier alpha value is -1.64. The average molecular weight is 302 g/mol. The monoisotopic (exact) mass is 302 g/mol. The molecular formula is C19H30N2O. The first-order chi connectivity index (χ1) is 10.7. The van der Waals surface area contributed by atoms with Crippen molar-refractivity contribution in [3.8, 4) is 0 Å². The molecule has 0 unspecified atom stereocenters. The van der Waals surface area contributed by atoms with Gasteiger partial charge in [0.2, 0.25) is 5.91 Å². The fourth-order valence-corrected chi connectivity index (χ4v) is 2.31. The van der Waals surface area contributed by atoms with Gasteiger partial charge in [0.1, 0.15) is 0 Å². The molecule has 1 aromatic rings. The van der Waals surface area contributed by atoms with Crippen LogP contribution in [0.15, 0.2) is 29.4 Å². The number of carbonyl (C=O) groups excluding carboxylic acids is 1. The summed E-state index contributed by atoms with van der Waals surface area (Å²) in [5, 5.41) is 4.00. The van der Waals surface area contributed by atoms with Crippen molar-refractivity contribution < 1.29 is 4.79 Å². The van der Waals surface area contributed by atoms with Crippen molar-refractivity contribution in [1.29, 1.82) is 0 Å². The van der Waals surface area contributed by atoms with E-state index in [1.807, 2.05) is 31.2 Å². The van der Waals surface area contributed by atoms with Crippen molar-refractivity contribution in [2.75, 3.05) is 0 Å². The maximum atomic E-state index is 11.6. The van der Waals surface area contributed by atoms with Crippen molar-refractivity contribution in [3.05, 3.63) is 35.4 Å². The maximum absolute atomic E-state index is 11.6. The van der Waals surface area contributed by atoms with E-state index in [-0.39, 0.29) is 5.91 Å². The molecule has 0 fully saturated rings. The molecular weight excluding hydrogens is 272 g/mol. The molecule has 1 rings (SSSR count). The van der Waals surface area contributed by atoms with Gasteiger partial charge in [0, 0.05) is 6.42 Å². The number of aryl methyl sites for hydroxylation is 1. The molecule has 122 valence electrons. The number of nitrogens with zero attached hydrogens (tertiary/aromatic N) is 1. The number of nitrogens with one attached hydrogen (secondary N) is 1. The van der Waals surface area contributed by atoms with E-state index in [1.165, 1.54) is 44.1 Å². The highest BCUT2D eigenvalue weighted by molar-refractivity contribution is 5.82. The van der Waals surface area contributed by atoms with E-state index in [0.29, 0.717) is 6.42 Å². The molecule has 0 saturated heterocycles. The van der Waals surface area contributed by atoms with Gasteiger partial charge in [0.25, 0.3) is 0 Å². The number of hydrogen-bond acceptors (Lipinski definition) is 2. The first-order valence-electron chi connectivity index (χ1n) is 8.61. The van der Waals surface area contributed by atoms with Gasteiger partial charge in [-0.15, -0.1) is 0 Å². The van der Waals surface area contributed by atoms with E-state index in [1.54, 1.807) is 6.21 Å². The third-order valence-corrected chi connectivity index (χ3v) is 3.74. The van der Waals surface area contributed by atoms with Crippen LogP contribution in [0.4, 0.5) is 0 Å². The molecule has 1 amide bonds. The van der Waals surface area contributed by atoms with Gasteiger partial charge >= 0.3 is 0 Å². The summed E-state index contributed by atoms with van der Waals surface area (Å²) in [5.41, 5.74) is 4.81. The summed E-state index contributed by atoms with van der Waals surface area (Å²) in [6.07, 6.45) is 12.2. The number of benzene rings is 1. The van der Waals surface area contributed by atoms with E-state index in [9.17, 15) is 4.79 Å². The van der Waals surface area contributed by atoms with Gasteiger partial charge in [-0.05, 0) is 18.9 Å². The molecule has 1 aromatic carbocycles. The van der Waals surface area contributed by atoms with Crippen LogP contribution in [0, 0.1) is 6.92 Å². The van der Waals surface area contributed by atoms with Gasteiger partial charge in [0.15, 0.2) is 0 Å². The lowest BCUT2D eigenvalue weighted by Gasteiger charge is -2.01. The highest BCUT2D eigenvalue weighted by atomic mass is 16.2. The van der Waals surface area contributed by atoms with Gasteiger partial charge in [-0.3, -0.25) is 4.79 Å². The number of hydrogen-bond donors (Lipinski definition) is 1. The van der Waals surface area contributed by atoms with Crippen LogP contribution in [0.2, 0.25) is 0 Å². The first-order valence-corrected chi connectivity index (χ1v) is 8.61. The van der Waals surface area contributed by atoms with Crippen molar-refractivity contribution in [2.24, 2.45) is 5.10 Å². The lowest BCUT2D eigenvalue weighted by Crippen LogP contribution is -2.16. The summed E-state index contributed by atoms with van der Waals surface area (Å²) in [6, 6.07) is 8.04. The predicted octanol–water partition coefficient (Wildman–Crippen LogP) is 4.98. The minimum atomic E-state index is 0.00865. The van der Waals surface area contributed by atoms with Gasteiger partial charge < -0.3 is 0 Å². The predicted molar refractivity (Wildman–Crippen MR) is 94.1 cm³/mol. The Morgan fingerprint density at radius 3 is 2.23 bits per heavy atom. The molecule has 0 aliphatic heterocycles. The second-order valence-corrected chi connectivity index (χ2v) is 5.93. The van der Waals surface area contributed by atoms with E-state index >= 15 is 0 Å². The van der Waals surface area contributed by atoms with Crippen LogP contribution >= 0.6 is 0 Å².